The maximum absolute atomic E-state index is 3.80. The maximum atomic E-state index is 3.80. The van der Waals surface area contributed by atoms with Gasteiger partial charge in [0.1, 0.15) is 0 Å². The standard InChI is InChI=1S/C12H21NS.3C8H16.C2H6/c1-3-9-5-6-10-4-2-8-14-12(10)11(9)13-7-1;3*1-2-4-6-8-7-5-3-1;1-2/h9-13H,1-8H2;3*1-8H2;1-2H3. The summed E-state index contributed by atoms with van der Waals surface area (Å²) in [6, 6.07) is 0.882. The number of hydrogen-bond donors (Lipinski definition) is 1. The number of fused-ring (bicyclic) bond motifs is 3. The molecule has 6 fully saturated rings. The summed E-state index contributed by atoms with van der Waals surface area (Å²) < 4.78 is 0. The van der Waals surface area contributed by atoms with Crippen LogP contribution >= 0.6 is 11.8 Å². The van der Waals surface area contributed by atoms with Gasteiger partial charge in [0.15, 0.2) is 0 Å². The van der Waals surface area contributed by atoms with E-state index in [1.807, 2.05) is 13.8 Å². The first-order valence-electron chi connectivity index (χ1n) is 19.3. The van der Waals surface area contributed by atoms with Crippen molar-refractivity contribution in [1.82, 2.24) is 5.32 Å². The highest BCUT2D eigenvalue weighted by Gasteiger charge is 2.41. The van der Waals surface area contributed by atoms with Gasteiger partial charge in [-0.15, -0.1) is 0 Å². The molecule has 40 heavy (non-hydrogen) atoms. The molecule has 0 bridgehead atoms. The summed E-state index contributed by atoms with van der Waals surface area (Å²) in [5, 5.41) is 4.77. The number of rotatable bonds is 0. The van der Waals surface area contributed by atoms with Gasteiger partial charge in [0, 0.05) is 11.3 Å². The van der Waals surface area contributed by atoms with E-state index in [9.17, 15) is 0 Å². The summed E-state index contributed by atoms with van der Waals surface area (Å²) in [5.41, 5.74) is 0. The molecule has 1 N–H and O–H groups in total. The molecule has 0 radical (unpaired) electrons. The van der Waals surface area contributed by atoms with Crippen molar-refractivity contribution in [2.45, 2.75) is 218 Å². The molecule has 4 unspecified atom stereocenters. The number of thioether (sulfide) groups is 1. The molecule has 4 saturated carbocycles. The summed E-state index contributed by atoms with van der Waals surface area (Å²) in [7, 11) is 0. The fourth-order valence-electron chi connectivity index (χ4n) is 7.93. The topological polar surface area (TPSA) is 12.0 Å². The highest BCUT2D eigenvalue weighted by Crippen LogP contribution is 2.44. The Hall–Kier alpha value is 0.310. The molecule has 0 aromatic heterocycles. The normalized spacial score (nSPS) is 31.4. The first-order chi connectivity index (χ1) is 19.9. The zero-order chi connectivity index (χ0) is 28.4. The van der Waals surface area contributed by atoms with Crippen LogP contribution in [0.25, 0.3) is 0 Å². The van der Waals surface area contributed by atoms with Crippen LogP contribution in [0.4, 0.5) is 0 Å². The van der Waals surface area contributed by atoms with Crippen LogP contribution in [0.3, 0.4) is 0 Å². The Balaban J connectivity index is 0.000000190. The van der Waals surface area contributed by atoms with Gasteiger partial charge < -0.3 is 5.32 Å². The average Bonchev–Trinajstić information content (AvgIpc) is 2.94. The molecular weight excluding hydrogens is 502 g/mol. The van der Waals surface area contributed by atoms with Crippen molar-refractivity contribution in [2.75, 3.05) is 12.3 Å². The van der Waals surface area contributed by atoms with Gasteiger partial charge in [-0.1, -0.05) is 168 Å². The largest absolute Gasteiger partial charge is 0.313 e. The van der Waals surface area contributed by atoms with Crippen molar-refractivity contribution >= 4 is 11.8 Å². The van der Waals surface area contributed by atoms with Crippen molar-refractivity contribution < 1.29 is 0 Å². The van der Waals surface area contributed by atoms with E-state index in [4.69, 9.17) is 0 Å². The second kappa shape index (κ2) is 26.9. The Morgan fingerprint density at radius 2 is 0.700 bits per heavy atom. The predicted octanol–water partition coefficient (Wildman–Crippen LogP) is 13.0. The lowest BCUT2D eigenvalue weighted by Gasteiger charge is -2.47. The van der Waals surface area contributed by atoms with E-state index in [1.54, 1.807) is 0 Å². The summed E-state index contributed by atoms with van der Waals surface area (Å²) in [6.45, 7) is 5.28. The lowest BCUT2D eigenvalue weighted by atomic mass is 9.73. The number of hydrogen-bond acceptors (Lipinski definition) is 2. The Morgan fingerprint density at radius 3 is 1.07 bits per heavy atom. The first kappa shape index (κ1) is 36.5. The van der Waals surface area contributed by atoms with E-state index in [-0.39, 0.29) is 0 Å². The number of piperidine rings is 1. The Morgan fingerprint density at radius 1 is 0.375 bits per heavy atom. The first-order valence-corrected chi connectivity index (χ1v) is 20.3. The van der Waals surface area contributed by atoms with Gasteiger partial charge >= 0.3 is 0 Å². The summed E-state index contributed by atoms with van der Waals surface area (Å²) in [4.78, 5) is 0. The van der Waals surface area contributed by atoms with Crippen molar-refractivity contribution in [2.24, 2.45) is 11.8 Å². The van der Waals surface area contributed by atoms with Crippen LogP contribution < -0.4 is 5.32 Å². The molecule has 6 rings (SSSR count). The van der Waals surface area contributed by atoms with E-state index in [0.29, 0.717) is 0 Å². The molecule has 2 aliphatic heterocycles. The van der Waals surface area contributed by atoms with Crippen molar-refractivity contribution in [3.05, 3.63) is 0 Å². The van der Waals surface area contributed by atoms with Crippen LogP contribution in [0.1, 0.15) is 206 Å². The Bertz CT molecular complexity index is 390. The smallest absolute Gasteiger partial charge is 0.0232 e. The van der Waals surface area contributed by atoms with E-state index in [2.05, 4.69) is 17.1 Å². The minimum Gasteiger partial charge on any atom is -0.313 e. The molecule has 2 heteroatoms. The molecule has 0 amide bonds. The van der Waals surface area contributed by atoms with Gasteiger partial charge in [-0.05, 0) is 62.7 Å². The second-order valence-corrected chi connectivity index (χ2v) is 15.0. The number of nitrogens with one attached hydrogen (secondary N) is 1. The third-order valence-electron chi connectivity index (χ3n) is 10.4. The summed E-state index contributed by atoms with van der Waals surface area (Å²) in [5.74, 6) is 3.50. The summed E-state index contributed by atoms with van der Waals surface area (Å²) >= 11 is 2.27. The Labute approximate surface area is 258 Å². The molecular formula is C38H75NS. The quantitative estimate of drug-likeness (QED) is 0.307. The lowest BCUT2D eigenvalue weighted by molar-refractivity contribution is 0.167. The zero-order valence-electron chi connectivity index (χ0n) is 27.8. The van der Waals surface area contributed by atoms with Crippen LogP contribution in [0.15, 0.2) is 0 Å². The van der Waals surface area contributed by atoms with Gasteiger partial charge in [-0.2, -0.15) is 11.8 Å². The third-order valence-corrected chi connectivity index (χ3v) is 12.0. The SMILES string of the molecule is C1CCCCCCC1.C1CCCCCCC1.C1CCCCCCC1.C1CNC2C(C1)CCC1CCCSC12.CC. The molecule has 4 atom stereocenters. The van der Waals surface area contributed by atoms with Crippen molar-refractivity contribution in [3.8, 4) is 0 Å². The molecule has 6 aliphatic rings. The van der Waals surface area contributed by atoms with Gasteiger partial charge in [-0.3, -0.25) is 0 Å². The maximum Gasteiger partial charge on any atom is 0.0232 e. The molecule has 0 spiro atoms. The molecule has 1 nitrogen and oxygen atoms in total. The molecule has 0 aromatic rings. The van der Waals surface area contributed by atoms with Crippen molar-refractivity contribution in [1.29, 1.82) is 0 Å². The fourth-order valence-corrected chi connectivity index (χ4v) is 9.60. The molecule has 2 saturated heterocycles. The van der Waals surface area contributed by atoms with Gasteiger partial charge in [0.25, 0.3) is 0 Å². The highest BCUT2D eigenvalue weighted by molar-refractivity contribution is 8.00. The Kier molecular flexibility index (Phi) is 24.5. The lowest BCUT2D eigenvalue weighted by Crippen LogP contribution is -2.54. The van der Waals surface area contributed by atoms with Crippen molar-refractivity contribution in [3.63, 3.8) is 0 Å². The van der Waals surface area contributed by atoms with Gasteiger partial charge in [-0.25, -0.2) is 0 Å². The molecule has 238 valence electrons. The third kappa shape index (κ3) is 17.4. The summed E-state index contributed by atoms with van der Waals surface area (Å²) in [6.07, 6.45) is 45.0. The van der Waals surface area contributed by atoms with Crippen LogP contribution in [0, 0.1) is 11.8 Å². The molecule has 2 heterocycles. The van der Waals surface area contributed by atoms with Gasteiger partial charge in [0.2, 0.25) is 0 Å². The van der Waals surface area contributed by atoms with E-state index < -0.39 is 0 Å². The van der Waals surface area contributed by atoms with Crippen LogP contribution in [0.2, 0.25) is 0 Å². The second-order valence-electron chi connectivity index (χ2n) is 13.7. The van der Waals surface area contributed by atoms with Crippen LogP contribution in [0.5, 0.6) is 0 Å². The minimum absolute atomic E-state index is 0.882. The minimum atomic E-state index is 0.882. The molecule has 4 aliphatic carbocycles. The fraction of sp³-hybridized carbons (Fsp3) is 1.00. The van der Waals surface area contributed by atoms with Gasteiger partial charge in [0.05, 0.1) is 0 Å². The molecule has 0 aromatic carbocycles. The highest BCUT2D eigenvalue weighted by atomic mass is 32.2. The predicted molar refractivity (Wildman–Crippen MR) is 185 cm³/mol. The monoisotopic (exact) mass is 578 g/mol. The van der Waals surface area contributed by atoms with E-state index in [0.717, 1.165) is 23.1 Å². The zero-order valence-corrected chi connectivity index (χ0v) is 28.7. The van der Waals surface area contributed by atoms with E-state index >= 15 is 0 Å². The average molecular weight is 578 g/mol. The van der Waals surface area contributed by atoms with Crippen LogP contribution in [-0.4, -0.2) is 23.6 Å². The van der Waals surface area contributed by atoms with Crippen LogP contribution in [-0.2, 0) is 0 Å². The van der Waals surface area contributed by atoms with E-state index in [1.165, 1.54) is 205 Å².